The number of rotatable bonds is 5. The molecule has 1 saturated heterocycles. The van der Waals surface area contributed by atoms with Crippen molar-refractivity contribution in [3.8, 4) is 11.4 Å². The van der Waals surface area contributed by atoms with E-state index >= 15 is 0 Å². The summed E-state index contributed by atoms with van der Waals surface area (Å²) in [6, 6.07) is 14.2. The highest BCUT2D eigenvalue weighted by Gasteiger charge is 2.49. The van der Waals surface area contributed by atoms with Gasteiger partial charge in [-0.05, 0) is 62.1 Å². The third-order valence-corrected chi connectivity index (χ3v) is 6.31. The van der Waals surface area contributed by atoms with Crippen LogP contribution in [-0.2, 0) is 10.6 Å². The fourth-order valence-electron chi connectivity index (χ4n) is 4.64. The SMILES string of the molecule is COc1cc(C=C2CCCN3C2=NOC3(CO)c2cccc(C)c2)ccc1-n1cnc(C)c1. The molecule has 2 aliphatic rings. The van der Waals surface area contributed by atoms with Crippen molar-refractivity contribution in [2.24, 2.45) is 5.16 Å². The van der Waals surface area contributed by atoms with Gasteiger partial charge < -0.3 is 24.1 Å². The molecular weight excluding hydrogens is 416 g/mol. The van der Waals surface area contributed by atoms with Crippen molar-refractivity contribution in [2.75, 3.05) is 20.3 Å². The van der Waals surface area contributed by atoms with Crippen LogP contribution in [0.2, 0.25) is 0 Å². The maximum atomic E-state index is 10.4. The van der Waals surface area contributed by atoms with Gasteiger partial charge in [-0.2, -0.15) is 0 Å². The van der Waals surface area contributed by atoms with Gasteiger partial charge in [0.05, 0.1) is 24.8 Å². The van der Waals surface area contributed by atoms with Crippen molar-refractivity contribution in [1.29, 1.82) is 0 Å². The van der Waals surface area contributed by atoms with Gasteiger partial charge in [-0.3, -0.25) is 0 Å². The zero-order chi connectivity index (χ0) is 23.0. The van der Waals surface area contributed by atoms with E-state index in [9.17, 15) is 5.11 Å². The van der Waals surface area contributed by atoms with Crippen LogP contribution < -0.4 is 4.74 Å². The van der Waals surface area contributed by atoms with Gasteiger partial charge in [0.15, 0.2) is 5.84 Å². The summed E-state index contributed by atoms with van der Waals surface area (Å²) in [4.78, 5) is 12.4. The van der Waals surface area contributed by atoms with Crippen LogP contribution in [0, 0.1) is 13.8 Å². The average Bonchev–Trinajstić information content (AvgIpc) is 3.44. The standard InChI is InChI=1S/C26H28N4O3/c1-18-6-4-8-22(12-18)26(16-31)30-11-5-7-21(25(30)28-33-26)13-20-9-10-23(24(14-20)32-3)29-15-19(2)27-17-29/h4,6,8-10,12-15,17,31H,5,7,11,16H2,1-3H3. The van der Waals surface area contributed by atoms with Gasteiger partial charge in [0, 0.05) is 18.3 Å². The van der Waals surface area contributed by atoms with Crippen LogP contribution in [0.25, 0.3) is 11.8 Å². The van der Waals surface area contributed by atoms with Gasteiger partial charge in [-0.1, -0.05) is 35.0 Å². The third kappa shape index (κ3) is 3.68. The highest BCUT2D eigenvalue weighted by molar-refractivity contribution is 6.03. The first kappa shape index (κ1) is 21.3. The molecule has 7 nitrogen and oxygen atoms in total. The number of aromatic nitrogens is 2. The monoisotopic (exact) mass is 444 g/mol. The van der Waals surface area contributed by atoms with Gasteiger partial charge in [-0.25, -0.2) is 4.98 Å². The van der Waals surface area contributed by atoms with Gasteiger partial charge in [-0.15, -0.1) is 0 Å². The summed E-state index contributed by atoms with van der Waals surface area (Å²) in [5, 5.41) is 14.8. The predicted molar refractivity (Wildman–Crippen MR) is 127 cm³/mol. The fraction of sp³-hybridized carbons (Fsp3) is 0.308. The van der Waals surface area contributed by atoms with Crippen LogP contribution in [0.1, 0.15) is 35.2 Å². The first-order valence-corrected chi connectivity index (χ1v) is 11.2. The number of methoxy groups -OCH3 is 1. The number of oxime groups is 1. The number of hydrogen-bond acceptors (Lipinski definition) is 6. The number of aliphatic hydroxyl groups is 1. The van der Waals surface area contributed by atoms with E-state index < -0.39 is 5.72 Å². The Kier molecular flexibility index (Phi) is 5.42. The Morgan fingerprint density at radius 1 is 1.21 bits per heavy atom. The lowest BCUT2D eigenvalue weighted by Crippen LogP contribution is -2.51. The maximum Gasteiger partial charge on any atom is 0.260 e. The molecule has 5 rings (SSSR count). The highest BCUT2D eigenvalue weighted by atomic mass is 16.7. The van der Waals surface area contributed by atoms with Gasteiger partial charge in [0.2, 0.25) is 0 Å². The normalized spacial score (nSPS) is 21.0. The number of nitrogens with zero attached hydrogens (tertiary/aromatic N) is 4. The lowest BCUT2D eigenvalue weighted by Gasteiger charge is -2.39. The van der Waals surface area contributed by atoms with Crippen molar-refractivity contribution in [3.63, 3.8) is 0 Å². The number of aliphatic hydroxyl groups excluding tert-OH is 1. The number of piperidine rings is 1. The number of aryl methyl sites for hydroxylation is 2. The minimum Gasteiger partial charge on any atom is -0.495 e. The summed E-state index contributed by atoms with van der Waals surface area (Å²) in [6.07, 6.45) is 7.72. The molecule has 0 aliphatic carbocycles. The second-order valence-corrected chi connectivity index (χ2v) is 8.60. The summed E-state index contributed by atoms with van der Waals surface area (Å²) in [7, 11) is 1.67. The van der Waals surface area contributed by atoms with Crippen LogP contribution in [0.15, 0.2) is 65.7 Å². The Morgan fingerprint density at radius 3 is 2.82 bits per heavy atom. The molecule has 1 N–H and O–H groups in total. The first-order chi connectivity index (χ1) is 16.0. The summed E-state index contributed by atoms with van der Waals surface area (Å²) in [5.74, 6) is 1.55. The predicted octanol–water partition coefficient (Wildman–Crippen LogP) is 4.17. The largest absolute Gasteiger partial charge is 0.495 e. The Labute approximate surface area is 193 Å². The molecule has 7 heteroatoms. The van der Waals surface area contributed by atoms with Crippen molar-refractivity contribution in [1.82, 2.24) is 14.5 Å². The molecule has 1 atom stereocenters. The van der Waals surface area contributed by atoms with E-state index in [2.05, 4.69) is 27.2 Å². The lowest BCUT2D eigenvalue weighted by atomic mass is 9.94. The van der Waals surface area contributed by atoms with Crippen LogP contribution in [0.4, 0.5) is 0 Å². The smallest absolute Gasteiger partial charge is 0.260 e. The zero-order valence-electron chi connectivity index (χ0n) is 19.2. The maximum absolute atomic E-state index is 10.4. The van der Waals surface area contributed by atoms with Crippen LogP contribution in [0.5, 0.6) is 5.75 Å². The van der Waals surface area contributed by atoms with E-state index in [1.807, 2.05) is 61.0 Å². The topological polar surface area (TPSA) is 72.1 Å². The zero-order valence-corrected chi connectivity index (χ0v) is 19.2. The first-order valence-electron chi connectivity index (χ1n) is 11.2. The molecule has 33 heavy (non-hydrogen) atoms. The van der Waals surface area contributed by atoms with Gasteiger partial charge >= 0.3 is 0 Å². The second-order valence-electron chi connectivity index (χ2n) is 8.60. The minimum atomic E-state index is -0.984. The Bertz CT molecular complexity index is 1250. The summed E-state index contributed by atoms with van der Waals surface area (Å²) >= 11 is 0. The Morgan fingerprint density at radius 2 is 2.09 bits per heavy atom. The van der Waals surface area contributed by atoms with E-state index in [1.165, 1.54) is 0 Å². The van der Waals surface area contributed by atoms with Crippen molar-refractivity contribution >= 4 is 11.9 Å². The Hall–Kier alpha value is -3.58. The molecule has 0 bridgehead atoms. The molecule has 3 heterocycles. The second kappa shape index (κ2) is 8.41. The molecule has 1 aromatic heterocycles. The third-order valence-electron chi connectivity index (χ3n) is 6.31. The number of fused-ring (bicyclic) bond motifs is 1. The van der Waals surface area contributed by atoms with E-state index in [0.29, 0.717) is 0 Å². The average molecular weight is 445 g/mol. The summed E-state index contributed by atoms with van der Waals surface area (Å²) in [5.41, 5.74) is 5.03. The quantitative estimate of drug-likeness (QED) is 0.640. The van der Waals surface area contributed by atoms with Crippen molar-refractivity contribution < 1.29 is 14.7 Å². The minimum absolute atomic E-state index is 0.177. The molecule has 1 unspecified atom stereocenters. The van der Waals surface area contributed by atoms with Crippen LogP contribution in [0.3, 0.4) is 0 Å². The molecule has 2 aliphatic heterocycles. The summed E-state index contributed by atoms with van der Waals surface area (Å²) < 4.78 is 7.63. The van der Waals surface area contributed by atoms with E-state index in [-0.39, 0.29) is 6.61 Å². The Balaban J connectivity index is 1.48. The van der Waals surface area contributed by atoms with E-state index in [1.54, 1.807) is 13.4 Å². The molecule has 0 spiro atoms. The molecule has 0 amide bonds. The number of amidine groups is 1. The van der Waals surface area contributed by atoms with Gasteiger partial charge in [0.1, 0.15) is 12.4 Å². The molecule has 1 fully saturated rings. The molecule has 3 aromatic rings. The molecular formula is C26H28N4O3. The molecule has 170 valence electrons. The number of hydrogen-bond donors (Lipinski definition) is 1. The van der Waals surface area contributed by atoms with E-state index in [4.69, 9.17) is 9.57 Å². The number of ether oxygens (including phenoxy) is 1. The fourth-order valence-corrected chi connectivity index (χ4v) is 4.64. The van der Waals surface area contributed by atoms with Crippen molar-refractivity contribution in [2.45, 2.75) is 32.4 Å². The van der Waals surface area contributed by atoms with Crippen LogP contribution in [-0.4, -0.2) is 45.7 Å². The van der Waals surface area contributed by atoms with Crippen molar-refractivity contribution in [3.05, 3.63) is 82.9 Å². The highest BCUT2D eigenvalue weighted by Crippen LogP contribution is 2.40. The summed E-state index contributed by atoms with van der Waals surface area (Å²) in [6.45, 7) is 4.59. The lowest BCUT2D eigenvalue weighted by molar-refractivity contribution is -0.137. The van der Waals surface area contributed by atoms with Crippen LogP contribution >= 0.6 is 0 Å². The van der Waals surface area contributed by atoms with Gasteiger partial charge in [0.25, 0.3) is 5.72 Å². The molecule has 2 aromatic carbocycles. The molecule has 0 radical (unpaired) electrons. The van der Waals surface area contributed by atoms with E-state index in [0.717, 1.165) is 64.6 Å². The molecule has 0 saturated carbocycles. The number of benzene rings is 2. The number of imidazole rings is 1.